The number of carbonyl (C=O) groups excluding carboxylic acids is 1. The number of hydrogen-bond donors (Lipinski definition) is 1. The van der Waals surface area contributed by atoms with E-state index >= 15 is 0 Å². The highest BCUT2D eigenvalue weighted by molar-refractivity contribution is 7.11. The Bertz CT molecular complexity index is 443. The number of thiazole rings is 1. The molecule has 1 aromatic rings. The van der Waals surface area contributed by atoms with Crippen molar-refractivity contribution in [3.63, 3.8) is 0 Å². The number of nitrogens with two attached hydrogens (primary N) is 1. The van der Waals surface area contributed by atoms with Gasteiger partial charge in [-0.05, 0) is 6.92 Å². The molecule has 2 rings (SSSR count). The maximum absolute atomic E-state index is 12.1. The van der Waals surface area contributed by atoms with Crippen LogP contribution in [-0.2, 0) is 16.1 Å². The number of amides is 1. The van der Waals surface area contributed by atoms with Crippen LogP contribution in [-0.4, -0.2) is 66.6 Å². The lowest BCUT2D eigenvalue weighted by molar-refractivity contribution is -0.135. The molecular weight excluding hydrogens is 276 g/mol. The minimum Gasteiger partial charge on any atom is -0.383 e. The minimum absolute atomic E-state index is 0.0138. The fourth-order valence-corrected chi connectivity index (χ4v) is 3.15. The Morgan fingerprint density at radius 1 is 1.50 bits per heavy atom. The van der Waals surface area contributed by atoms with E-state index in [0.29, 0.717) is 0 Å². The average molecular weight is 298 g/mol. The van der Waals surface area contributed by atoms with E-state index in [1.165, 1.54) is 4.88 Å². The third-order valence-electron chi connectivity index (χ3n) is 3.40. The summed E-state index contributed by atoms with van der Waals surface area (Å²) in [5.74, 6) is -0.0138. The Morgan fingerprint density at radius 3 is 2.75 bits per heavy atom. The van der Waals surface area contributed by atoms with E-state index < -0.39 is 6.04 Å². The van der Waals surface area contributed by atoms with Gasteiger partial charge in [-0.1, -0.05) is 0 Å². The van der Waals surface area contributed by atoms with Gasteiger partial charge in [0.15, 0.2) is 0 Å². The molecule has 1 aliphatic heterocycles. The molecule has 0 spiro atoms. The van der Waals surface area contributed by atoms with Gasteiger partial charge in [0.25, 0.3) is 0 Å². The van der Waals surface area contributed by atoms with Crippen molar-refractivity contribution in [2.24, 2.45) is 5.73 Å². The summed E-state index contributed by atoms with van der Waals surface area (Å²) in [5, 5.41) is 1.10. The van der Waals surface area contributed by atoms with Crippen LogP contribution in [0.1, 0.15) is 9.88 Å². The number of aryl methyl sites for hydroxylation is 1. The van der Waals surface area contributed by atoms with E-state index in [2.05, 4.69) is 9.88 Å². The molecule has 7 heteroatoms. The SMILES string of the molecule is COCC(N)C(=O)N1CCN(Cc2cnc(C)s2)CC1. The van der Waals surface area contributed by atoms with Crippen LogP contribution in [0.25, 0.3) is 0 Å². The second kappa shape index (κ2) is 7.12. The summed E-state index contributed by atoms with van der Waals surface area (Å²) in [7, 11) is 1.56. The lowest BCUT2D eigenvalue weighted by atomic mass is 10.2. The molecule has 1 amide bonds. The molecule has 1 unspecified atom stereocenters. The van der Waals surface area contributed by atoms with Crippen LogP contribution in [0.3, 0.4) is 0 Å². The van der Waals surface area contributed by atoms with Gasteiger partial charge < -0.3 is 15.4 Å². The van der Waals surface area contributed by atoms with Crippen molar-refractivity contribution in [1.29, 1.82) is 0 Å². The normalized spacial score (nSPS) is 18.2. The average Bonchev–Trinajstić information content (AvgIpc) is 2.84. The molecule has 6 nitrogen and oxygen atoms in total. The first kappa shape index (κ1) is 15.4. The van der Waals surface area contributed by atoms with Gasteiger partial charge in [-0.3, -0.25) is 9.69 Å². The first-order chi connectivity index (χ1) is 9.60. The predicted molar refractivity (Wildman–Crippen MR) is 78.6 cm³/mol. The molecule has 1 aromatic heterocycles. The molecule has 2 N–H and O–H groups in total. The van der Waals surface area contributed by atoms with Crippen molar-refractivity contribution in [2.75, 3.05) is 39.9 Å². The molecule has 0 aliphatic carbocycles. The van der Waals surface area contributed by atoms with E-state index in [4.69, 9.17) is 10.5 Å². The molecule has 0 aromatic carbocycles. The maximum Gasteiger partial charge on any atom is 0.241 e. The third-order valence-corrected chi connectivity index (χ3v) is 4.29. The summed E-state index contributed by atoms with van der Waals surface area (Å²) in [6.45, 7) is 6.42. The fraction of sp³-hybridized carbons (Fsp3) is 0.692. The fourth-order valence-electron chi connectivity index (χ4n) is 2.31. The minimum atomic E-state index is -0.546. The molecule has 2 heterocycles. The second-order valence-corrected chi connectivity index (χ2v) is 6.33. The van der Waals surface area contributed by atoms with Gasteiger partial charge in [0.2, 0.25) is 5.91 Å². The molecule has 1 atom stereocenters. The molecule has 0 bridgehead atoms. The second-order valence-electron chi connectivity index (χ2n) is 5.01. The third kappa shape index (κ3) is 3.99. The molecule has 1 aliphatic rings. The van der Waals surface area contributed by atoms with Crippen LogP contribution in [0.5, 0.6) is 0 Å². The quantitative estimate of drug-likeness (QED) is 0.833. The van der Waals surface area contributed by atoms with E-state index in [1.54, 1.807) is 18.4 Å². The zero-order chi connectivity index (χ0) is 14.5. The van der Waals surface area contributed by atoms with Gasteiger partial charge in [-0.15, -0.1) is 11.3 Å². The van der Waals surface area contributed by atoms with Gasteiger partial charge in [0, 0.05) is 50.9 Å². The number of ether oxygens (including phenoxy) is 1. The van der Waals surface area contributed by atoms with Crippen LogP contribution >= 0.6 is 11.3 Å². The number of aromatic nitrogens is 1. The first-order valence-corrected chi connectivity index (χ1v) is 7.58. The predicted octanol–water partition coefficient (Wildman–Crippen LogP) is 0.0694. The highest BCUT2D eigenvalue weighted by Crippen LogP contribution is 2.15. The van der Waals surface area contributed by atoms with Crippen LogP contribution in [0, 0.1) is 6.92 Å². The number of methoxy groups -OCH3 is 1. The summed E-state index contributed by atoms with van der Waals surface area (Å²) in [4.78, 5) is 21.8. The van der Waals surface area contributed by atoms with Crippen molar-refractivity contribution in [3.05, 3.63) is 16.1 Å². The topological polar surface area (TPSA) is 71.7 Å². The van der Waals surface area contributed by atoms with Crippen molar-refractivity contribution in [1.82, 2.24) is 14.8 Å². The van der Waals surface area contributed by atoms with Gasteiger partial charge in [0.05, 0.1) is 11.6 Å². The van der Waals surface area contributed by atoms with Crippen LogP contribution in [0.4, 0.5) is 0 Å². The van der Waals surface area contributed by atoms with Crippen LogP contribution < -0.4 is 5.73 Å². The Morgan fingerprint density at radius 2 is 2.20 bits per heavy atom. The van der Waals surface area contributed by atoms with E-state index in [1.807, 2.05) is 18.0 Å². The first-order valence-electron chi connectivity index (χ1n) is 6.77. The maximum atomic E-state index is 12.1. The number of nitrogens with zero attached hydrogens (tertiary/aromatic N) is 3. The molecular formula is C13H22N4O2S. The molecule has 0 radical (unpaired) electrons. The number of piperazine rings is 1. The summed E-state index contributed by atoms with van der Waals surface area (Å²) in [5.41, 5.74) is 5.78. The molecule has 20 heavy (non-hydrogen) atoms. The number of hydrogen-bond acceptors (Lipinski definition) is 6. The van der Waals surface area contributed by atoms with Gasteiger partial charge in [0.1, 0.15) is 6.04 Å². The highest BCUT2D eigenvalue weighted by Gasteiger charge is 2.25. The molecule has 1 saturated heterocycles. The summed E-state index contributed by atoms with van der Waals surface area (Å²) in [6, 6.07) is -0.546. The van der Waals surface area contributed by atoms with Crippen molar-refractivity contribution >= 4 is 17.2 Å². The smallest absolute Gasteiger partial charge is 0.241 e. The van der Waals surface area contributed by atoms with Gasteiger partial charge >= 0.3 is 0 Å². The standard InChI is InChI=1S/C13H22N4O2S/c1-10-15-7-11(20-10)8-16-3-5-17(6-4-16)13(18)12(14)9-19-2/h7,12H,3-6,8-9,14H2,1-2H3. The molecule has 112 valence electrons. The number of carbonyl (C=O) groups is 1. The van der Waals surface area contributed by atoms with E-state index in [0.717, 1.165) is 37.7 Å². The van der Waals surface area contributed by atoms with Crippen LogP contribution in [0.2, 0.25) is 0 Å². The highest BCUT2D eigenvalue weighted by atomic mass is 32.1. The zero-order valence-electron chi connectivity index (χ0n) is 12.0. The number of rotatable bonds is 5. The lowest BCUT2D eigenvalue weighted by Crippen LogP contribution is -2.53. The Balaban J connectivity index is 1.78. The summed E-state index contributed by atoms with van der Waals surface area (Å²) in [6.07, 6.45) is 1.94. The summed E-state index contributed by atoms with van der Waals surface area (Å²) < 4.78 is 4.93. The van der Waals surface area contributed by atoms with Gasteiger partial charge in [-0.2, -0.15) is 0 Å². The Kier molecular flexibility index (Phi) is 5.47. The van der Waals surface area contributed by atoms with E-state index in [9.17, 15) is 4.79 Å². The lowest BCUT2D eigenvalue weighted by Gasteiger charge is -2.35. The monoisotopic (exact) mass is 298 g/mol. The Hall–Kier alpha value is -1.02. The largest absolute Gasteiger partial charge is 0.383 e. The van der Waals surface area contributed by atoms with Crippen molar-refractivity contribution < 1.29 is 9.53 Å². The van der Waals surface area contributed by atoms with E-state index in [-0.39, 0.29) is 12.5 Å². The van der Waals surface area contributed by atoms with Crippen molar-refractivity contribution in [3.8, 4) is 0 Å². The molecule has 0 saturated carbocycles. The zero-order valence-corrected chi connectivity index (χ0v) is 12.9. The summed E-state index contributed by atoms with van der Waals surface area (Å²) >= 11 is 1.73. The molecule has 1 fully saturated rings. The van der Waals surface area contributed by atoms with Crippen molar-refractivity contribution in [2.45, 2.75) is 19.5 Å². The van der Waals surface area contributed by atoms with Crippen LogP contribution in [0.15, 0.2) is 6.20 Å². The van der Waals surface area contributed by atoms with Gasteiger partial charge in [-0.25, -0.2) is 4.98 Å². The Labute approximate surface area is 123 Å².